The average Bonchev–Trinajstić information content (AvgIpc) is 2.74. The van der Waals surface area contributed by atoms with Gasteiger partial charge in [0.25, 0.3) is 5.91 Å². The Hall–Kier alpha value is -3.94. The van der Waals surface area contributed by atoms with Gasteiger partial charge < -0.3 is 20.9 Å². The van der Waals surface area contributed by atoms with Gasteiger partial charge in [-0.1, -0.05) is 24.3 Å². The Morgan fingerprint density at radius 3 is 2.29 bits per heavy atom. The molecule has 3 N–H and O–H groups in total. The first-order valence-corrected chi connectivity index (χ1v) is 9.50. The summed E-state index contributed by atoms with van der Waals surface area (Å²) in [6.07, 6.45) is 0. The van der Waals surface area contributed by atoms with Crippen molar-refractivity contribution in [3.05, 3.63) is 89.5 Å². The molecule has 0 aliphatic rings. The number of urea groups is 1. The van der Waals surface area contributed by atoms with Crippen LogP contribution < -0.4 is 20.9 Å². The lowest BCUT2D eigenvalue weighted by Crippen LogP contribution is -2.26. The van der Waals surface area contributed by atoms with E-state index in [1.54, 1.807) is 49.3 Å². The minimum atomic E-state index is -0.639. The summed E-state index contributed by atoms with van der Waals surface area (Å²) in [4.78, 5) is 26.8. The highest BCUT2D eigenvalue weighted by molar-refractivity contribution is 6.04. The van der Waals surface area contributed by atoms with Crippen molar-refractivity contribution < 1.29 is 18.4 Å². The molecular weight excluding hydrogens is 402 g/mol. The van der Waals surface area contributed by atoms with Gasteiger partial charge in [0.15, 0.2) is 0 Å². The number of rotatable bonds is 6. The molecule has 0 aliphatic carbocycles. The topological polar surface area (TPSA) is 73.5 Å². The molecule has 0 heterocycles. The molecule has 0 saturated heterocycles. The van der Waals surface area contributed by atoms with Crippen LogP contribution in [0.3, 0.4) is 0 Å². The zero-order valence-electron chi connectivity index (χ0n) is 17.1. The van der Waals surface area contributed by atoms with Crippen molar-refractivity contribution in [2.45, 2.75) is 6.54 Å². The number of nitrogens with one attached hydrogen (secondary N) is 3. The largest absolute Gasteiger partial charge is 0.377 e. The van der Waals surface area contributed by atoms with E-state index < -0.39 is 11.8 Å². The lowest BCUT2D eigenvalue weighted by Gasteiger charge is -2.19. The smallest absolute Gasteiger partial charge is 0.323 e. The van der Waals surface area contributed by atoms with Gasteiger partial charge in [-0.15, -0.1) is 0 Å². The number of para-hydroxylation sites is 1. The third-order valence-electron chi connectivity index (χ3n) is 4.47. The molecule has 3 aromatic carbocycles. The Labute approximate surface area is 178 Å². The molecule has 3 amide bonds. The first-order valence-electron chi connectivity index (χ1n) is 9.50. The van der Waals surface area contributed by atoms with Crippen LogP contribution in [-0.2, 0) is 6.54 Å². The van der Waals surface area contributed by atoms with Crippen LogP contribution in [0, 0.1) is 11.6 Å². The quantitative estimate of drug-likeness (QED) is 0.541. The van der Waals surface area contributed by atoms with Crippen LogP contribution in [0.15, 0.2) is 66.7 Å². The van der Waals surface area contributed by atoms with Crippen LogP contribution in [0.1, 0.15) is 15.9 Å². The molecule has 0 unspecified atom stereocenters. The van der Waals surface area contributed by atoms with Gasteiger partial charge in [-0.2, -0.15) is 0 Å². The van der Waals surface area contributed by atoms with Crippen LogP contribution in [0.25, 0.3) is 0 Å². The number of hydrogen-bond donors (Lipinski definition) is 3. The van der Waals surface area contributed by atoms with E-state index >= 15 is 0 Å². The summed E-state index contributed by atoms with van der Waals surface area (Å²) >= 11 is 0. The normalized spacial score (nSPS) is 10.3. The molecule has 0 radical (unpaired) electrons. The molecule has 0 aromatic heterocycles. The van der Waals surface area contributed by atoms with E-state index in [9.17, 15) is 18.4 Å². The fourth-order valence-corrected chi connectivity index (χ4v) is 2.91. The van der Waals surface area contributed by atoms with Gasteiger partial charge in [0.05, 0.1) is 11.3 Å². The summed E-state index contributed by atoms with van der Waals surface area (Å²) in [5.41, 5.74) is 2.15. The molecule has 0 bridgehead atoms. The Morgan fingerprint density at radius 1 is 0.903 bits per heavy atom. The van der Waals surface area contributed by atoms with Gasteiger partial charge >= 0.3 is 6.03 Å². The fraction of sp³-hybridized carbons (Fsp3) is 0.130. The van der Waals surface area contributed by atoms with Crippen molar-refractivity contribution in [3.8, 4) is 0 Å². The van der Waals surface area contributed by atoms with E-state index in [0.29, 0.717) is 16.9 Å². The highest BCUT2D eigenvalue weighted by Gasteiger charge is 2.15. The number of amides is 3. The third kappa shape index (κ3) is 5.79. The maximum Gasteiger partial charge on any atom is 0.323 e. The molecular formula is C23H22F2N4O2. The highest BCUT2D eigenvalue weighted by atomic mass is 19.1. The molecule has 0 saturated carbocycles. The summed E-state index contributed by atoms with van der Waals surface area (Å²) in [5.74, 6) is -1.26. The van der Waals surface area contributed by atoms with Gasteiger partial charge in [0.2, 0.25) is 0 Å². The van der Waals surface area contributed by atoms with Crippen LogP contribution in [-0.4, -0.2) is 26.0 Å². The van der Waals surface area contributed by atoms with Crippen LogP contribution in [0.4, 0.5) is 30.6 Å². The highest BCUT2D eigenvalue weighted by Crippen LogP contribution is 2.23. The summed E-state index contributed by atoms with van der Waals surface area (Å²) in [6.45, 7) is 0.220. The number of anilines is 3. The molecule has 160 valence electrons. The first kappa shape index (κ1) is 21.8. The standard InChI is InChI=1S/C23H22F2N4O2/c1-29(2)21-12-11-17(27-23(31)28-20-6-4-3-5-19(20)25)13-18(21)22(30)26-14-15-7-9-16(24)10-8-15/h3-13H,14H2,1-2H3,(H,26,30)(H2,27,28,31). The number of halogens is 2. The number of benzene rings is 3. The molecule has 6 nitrogen and oxygen atoms in total. The zero-order valence-corrected chi connectivity index (χ0v) is 17.1. The van der Waals surface area contributed by atoms with Crippen molar-refractivity contribution in [1.29, 1.82) is 0 Å². The summed E-state index contributed by atoms with van der Waals surface area (Å²) in [7, 11) is 3.59. The second-order valence-corrected chi connectivity index (χ2v) is 6.99. The summed E-state index contributed by atoms with van der Waals surface area (Å²) < 4.78 is 26.8. The molecule has 31 heavy (non-hydrogen) atoms. The Kier molecular flexibility index (Phi) is 6.81. The second kappa shape index (κ2) is 9.71. The molecule has 8 heteroatoms. The van der Waals surface area contributed by atoms with Crippen molar-refractivity contribution in [2.24, 2.45) is 0 Å². The maximum absolute atomic E-state index is 13.7. The third-order valence-corrected chi connectivity index (χ3v) is 4.47. The second-order valence-electron chi connectivity index (χ2n) is 6.99. The van der Waals surface area contributed by atoms with E-state index in [1.807, 2.05) is 0 Å². The molecule has 0 atom stereocenters. The number of carbonyl (C=O) groups is 2. The van der Waals surface area contributed by atoms with E-state index in [1.165, 1.54) is 36.4 Å². The van der Waals surface area contributed by atoms with E-state index in [2.05, 4.69) is 16.0 Å². The zero-order chi connectivity index (χ0) is 22.4. The van der Waals surface area contributed by atoms with E-state index in [-0.39, 0.29) is 24.0 Å². The predicted octanol–water partition coefficient (Wildman–Crippen LogP) is 4.60. The number of hydrogen-bond acceptors (Lipinski definition) is 3. The number of nitrogens with zero attached hydrogens (tertiary/aromatic N) is 1. The first-order chi connectivity index (χ1) is 14.8. The van der Waals surface area contributed by atoms with Crippen molar-refractivity contribution in [3.63, 3.8) is 0 Å². The van der Waals surface area contributed by atoms with Crippen LogP contribution in [0.5, 0.6) is 0 Å². The SMILES string of the molecule is CN(C)c1ccc(NC(=O)Nc2ccccc2F)cc1C(=O)NCc1ccc(F)cc1. The molecule has 3 aromatic rings. The van der Waals surface area contributed by atoms with E-state index in [0.717, 1.165) is 5.56 Å². The number of carbonyl (C=O) groups excluding carboxylic acids is 2. The van der Waals surface area contributed by atoms with Crippen LogP contribution >= 0.6 is 0 Å². The van der Waals surface area contributed by atoms with Crippen LogP contribution in [0.2, 0.25) is 0 Å². The Bertz CT molecular complexity index is 1090. The lowest BCUT2D eigenvalue weighted by atomic mass is 10.1. The fourth-order valence-electron chi connectivity index (χ4n) is 2.91. The molecule has 3 rings (SSSR count). The van der Waals surface area contributed by atoms with Gasteiger partial charge in [0, 0.05) is 32.0 Å². The minimum Gasteiger partial charge on any atom is -0.377 e. The lowest BCUT2D eigenvalue weighted by molar-refractivity contribution is 0.0951. The van der Waals surface area contributed by atoms with Gasteiger partial charge in [-0.3, -0.25) is 4.79 Å². The predicted molar refractivity (Wildman–Crippen MR) is 117 cm³/mol. The minimum absolute atomic E-state index is 0.0437. The molecule has 0 fully saturated rings. The summed E-state index contributed by atoms with van der Waals surface area (Å²) in [6, 6.07) is 15.9. The Balaban J connectivity index is 1.73. The van der Waals surface area contributed by atoms with Crippen molar-refractivity contribution >= 4 is 29.0 Å². The maximum atomic E-state index is 13.7. The monoisotopic (exact) mass is 424 g/mol. The molecule has 0 spiro atoms. The van der Waals surface area contributed by atoms with Gasteiger partial charge in [-0.05, 0) is 48.0 Å². The van der Waals surface area contributed by atoms with Crippen molar-refractivity contribution in [2.75, 3.05) is 29.6 Å². The van der Waals surface area contributed by atoms with Gasteiger partial charge in [-0.25, -0.2) is 13.6 Å². The van der Waals surface area contributed by atoms with Crippen molar-refractivity contribution in [1.82, 2.24) is 5.32 Å². The molecule has 0 aliphatic heterocycles. The van der Waals surface area contributed by atoms with E-state index in [4.69, 9.17) is 0 Å². The average molecular weight is 424 g/mol. The summed E-state index contributed by atoms with van der Waals surface area (Å²) in [5, 5.41) is 7.82. The van der Waals surface area contributed by atoms with Gasteiger partial charge in [0.1, 0.15) is 11.6 Å². The Morgan fingerprint density at radius 2 is 1.61 bits per heavy atom.